The number of carbonyl (C=O) groups is 2. The lowest BCUT2D eigenvalue weighted by molar-refractivity contribution is -0.117. The molecule has 2 heterocycles. The Kier molecular flexibility index (Phi) is 3.61. The molecule has 98 valence electrons. The maximum atomic E-state index is 11.7. The van der Waals surface area contributed by atoms with Crippen LogP contribution in [0.25, 0.3) is 0 Å². The molecule has 1 atom stereocenters. The number of esters is 1. The molecular weight excluding hydrogens is 238 g/mol. The second-order valence-corrected chi connectivity index (χ2v) is 4.04. The molecule has 2 N–H and O–H groups in total. The Morgan fingerprint density at radius 2 is 2.50 bits per heavy atom. The van der Waals surface area contributed by atoms with Crippen LogP contribution >= 0.6 is 0 Å². The minimum absolute atomic E-state index is 0.00384. The molecule has 0 aliphatic carbocycles. The minimum Gasteiger partial charge on any atom is -0.460 e. The van der Waals surface area contributed by atoms with Crippen molar-refractivity contribution in [2.45, 2.75) is 13.3 Å². The fourth-order valence-corrected chi connectivity index (χ4v) is 1.81. The molecule has 0 spiro atoms. The van der Waals surface area contributed by atoms with E-state index in [4.69, 9.17) is 14.9 Å². The van der Waals surface area contributed by atoms with Gasteiger partial charge in [-0.05, 0) is 19.4 Å². The van der Waals surface area contributed by atoms with E-state index in [-0.39, 0.29) is 30.2 Å². The third-order valence-electron chi connectivity index (χ3n) is 2.74. The average molecular weight is 253 g/mol. The third-order valence-corrected chi connectivity index (χ3v) is 2.74. The zero-order valence-corrected chi connectivity index (χ0v) is 10.1. The van der Waals surface area contributed by atoms with Gasteiger partial charge in [-0.2, -0.15) is 0 Å². The van der Waals surface area contributed by atoms with Crippen LogP contribution in [0.5, 0.6) is 0 Å². The first kappa shape index (κ1) is 12.6. The molecule has 1 amide bonds. The summed E-state index contributed by atoms with van der Waals surface area (Å²) in [6.45, 7) is 2.86. The number of amides is 1. The first-order valence-electron chi connectivity index (χ1n) is 5.79. The molecular formula is C11H15N3O4. The Balaban J connectivity index is 2.11. The number of rotatable bonds is 4. The first-order valence-corrected chi connectivity index (χ1v) is 5.79. The maximum absolute atomic E-state index is 11.7. The molecule has 1 fully saturated rings. The van der Waals surface area contributed by atoms with E-state index in [0.717, 1.165) is 0 Å². The predicted molar refractivity (Wildman–Crippen MR) is 62.0 cm³/mol. The van der Waals surface area contributed by atoms with E-state index in [1.54, 1.807) is 6.92 Å². The van der Waals surface area contributed by atoms with Gasteiger partial charge in [-0.25, -0.2) is 9.78 Å². The lowest BCUT2D eigenvalue weighted by Crippen LogP contribution is -2.25. The number of aromatic nitrogens is 1. The quantitative estimate of drug-likeness (QED) is 0.767. The van der Waals surface area contributed by atoms with Gasteiger partial charge in [-0.15, -0.1) is 0 Å². The molecule has 7 heteroatoms. The van der Waals surface area contributed by atoms with E-state index in [0.29, 0.717) is 19.5 Å². The van der Waals surface area contributed by atoms with Crippen molar-refractivity contribution in [2.75, 3.05) is 24.6 Å². The number of hydrogen-bond donors (Lipinski definition) is 1. The second kappa shape index (κ2) is 5.18. The van der Waals surface area contributed by atoms with Crippen LogP contribution < -0.4 is 10.6 Å². The summed E-state index contributed by atoms with van der Waals surface area (Å²) in [6.07, 6.45) is 1.64. The van der Waals surface area contributed by atoms with Crippen LogP contribution in [0.2, 0.25) is 0 Å². The first-order chi connectivity index (χ1) is 8.65. The second-order valence-electron chi connectivity index (χ2n) is 4.04. The summed E-state index contributed by atoms with van der Waals surface area (Å²) in [5.41, 5.74) is 5.53. The maximum Gasteiger partial charge on any atom is 0.376 e. The molecule has 18 heavy (non-hydrogen) atoms. The van der Waals surface area contributed by atoms with Gasteiger partial charge in [0.2, 0.25) is 11.7 Å². The molecule has 1 saturated heterocycles. The van der Waals surface area contributed by atoms with Crippen molar-refractivity contribution in [1.82, 2.24) is 4.98 Å². The van der Waals surface area contributed by atoms with Gasteiger partial charge in [0, 0.05) is 13.0 Å². The lowest BCUT2D eigenvalue weighted by Gasteiger charge is -2.10. The van der Waals surface area contributed by atoms with Crippen LogP contribution in [-0.2, 0) is 9.53 Å². The lowest BCUT2D eigenvalue weighted by atomic mass is 10.1. The van der Waals surface area contributed by atoms with Gasteiger partial charge >= 0.3 is 12.0 Å². The van der Waals surface area contributed by atoms with Gasteiger partial charge in [0.25, 0.3) is 0 Å². The van der Waals surface area contributed by atoms with E-state index in [1.165, 1.54) is 11.1 Å². The van der Waals surface area contributed by atoms with Crippen LogP contribution in [0.1, 0.15) is 23.9 Å². The monoisotopic (exact) mass is 253 g/mol. The Labute approximate surface area is 104 Å². The summed E-state index contributed by atoms with van der Waals surface area (Å²) in [5, 5.41) is 0. The van der Waals surface area contributed by atoms with E-state index >= 15 is 0 Å². The Morgan fingerprint density at radius 1 is 1.72 bits per heavy atom. The van der Waals surface area contributed by atoms with Gasteiger partial charge < -0.3 is 14.9 Å². The van der Waals surface area contributed by atoms with E-state index in [2.05, 4.69) is 4.98 Å². The number of nitrogens with two attached hydrogens (primary N) is 1. The van der Waals surface area contributed by atoms with Gasteiger partial charge in [-0.1, -0.05) is 0 Å². The van der Waals surface area contributed by atoms with Crippen LogP contribution in [0.4, 0.5) is 6.01 Å². The molecule has 1 aliphatic heterocycles. The van der Waals surface area contributed by atoms with Crippen LogP contribution in [0.15, 0.2) is 10.6 Å². The topological polar surface area (TPSA) is 98.7 Å². The van der Waals surface area contributed by atoms with Crippen molar-refractivity contribution in [3.63, 3.8) is 0 Å². The predicted octanol–water partition coefficient (Wildman–Crippen LogP) is 0.163. The van der Waals surface area contributed by atoms with Crippen molar-refractivity contribution < 1.29 is 18.7 Å². The molecule has 0 bridgehead atoms. The summed E-state index contributed by atoms with van der Waals surface area (Å²) in [6, 6.07) is 0.124. The van der Waals surface area contributed by atoms with Crippen LogP contribution in [0, 0.1) is 5.92 Å². The van der Waals surface area contributed by atoms with Gasteiger partial charge in [0.05, 0.1) is 12.8 Å². The fourth-order valence-electron chi connectivity index (χ4n) is 1.81. The van der Waals surface area contributed by atoms with E-state index in [9.17, 15) is 9.59 Å². The minimum atomic E-state index is -0.585. The summed E-state index contributed by atoms with van der Waals surface area (Å²) >= 11 is 0. The number of oxazole rings is 1. The molecule has 2 rings (SSSR count). The zero-order valence-electron chi connectivity index (χ0n) is 10.1. The number of carbonyl (C=O) groups excluding carboxylic acids is 2. The molecule has 0 saturated carbocycles. The van der Waals surface area contributed by atoms with Gasteiger partial charge in [0.1, 0.15) is 0 Å². The van der Waals surface area contributed by atoms with Crippen molar-refractivity contribution in [2.24, 2.45) is 11.7 Å². The highest BCUT2D eigenvalue weighted by molar-refractivity contribution is 5.94. The highest BCUT2D eigenvalue weighted by Gasteiger charge is 2.33. The molecule has 0 radical (unpaired) electrons. The standard InChI is InChI=1S/C11H15N3O4/c1-2-17-10(16)8-5-13-11(18-8)14-6-7(4-12)3-9(14)15/h5,7H,2-4,6,12H2,1H3. The molecule has 1 unspecified atom stereocenters. The Morgan fingerprint density at radius 3 is 3.11 bits per heavy atom. The normalized spacial score (nSPS) is 19.3. The number of nitrogens with zero attached hydrogens (tertiary/aromatic N) is 2. The molecule has 1 aromatic rings. The van der Waals surface area contributed by atoms with E-state index < -0.39 is 5.97 Å². The summed E-state index contributed by atoms with van der Waals surface area (Å²) in [5.74, 6) is -0.577. The zero-order chi connectivity index (χ0) is 13.1. The third kappa shape index (κ3) is 2.35. The highest BCUT2D eigenvalue weighted by atomic mass is 16.5. The largest absolute Gasteiger partial charge is 0.460 e. The average Bonchev–Trinajstić information content (AvgIpc) is 2.95. The Bertz CT molecular complexity index is 457. The number of hydrogen-bond acceptors (Lipinski definition) is 6. The van der Waals surface area contributed by atoms with Crippen LogP contribution in [-0.4, -0.2) is 36.6 Å². The summed E-state index contributed by atoms with van der Waals surface area (Å²) < 4.78 is 10.0. The number of ether oxygens (including phenoxy) is 1. The van der Waals surface area contributed by atoms with Crippen molar-refractivity contribution in [3.8, 4) is 0 Å². The Hall–Kier alpha value is -1.89. The van der Waals surface area contributed by atoms with Crippen molar-refractivity contribution >= 4 is 17.9 Å². The summed E-state index contributed by atoms with van der Waals surface area (Å²) in [4.78, 5) is 28.4. The van der Waals surface area contributed by atoms with Crippen molar-refractivity contribution in [3.05, 3.63) is 12.0 Å². The molecule has 1 aliphatic rings. The summed E-state index contributed by atoms with van der Waals surface area (Å²) in [7, 11) is 0. The SMILES string of the molecule is CCOC(=O)c1cnc(N2CC(CN)CC2=O)o1. The molecule has 7 nitrogen and oxygen atoms in total. The van der Waals surface area contributed by atoms with E-state index in [1.807, 2.05) is 0 Å². The van der Waals surface area contributed by atoms with Gasteiger partial charge in [0.15, 0.2) is 0 Å². The molecule has 1 aromatic heterocycles. The highest BCUT2D eigenvalue weighted by Crippen LogP contribution is 2.24. The molecule has 0 aromatic carbocycles. The fraction of sp³-hybridized carbons (Fsp3) is 0.545. The number of anilines is 1. The smallest absolute Gasteiger partial charge is 0.376 e. The van der Waals surface area contributed by atoms with Crippen molar-refractivity contribution in [1.29, 1.82) is 0 Å². The van der Waals surface area contributed by atoms with Crippen LogP contribution in [0.3, 0.4) is 0 Å². The van der Waals surface area contributed by atoms with Gasteiger partial charge in [-0.3, -0.25) is 9.69 Å².